The lowest BCUT2D eigenvalue weighted by atomic mass is 9.95. The molecule has 2 saturated heterocycles. The number of hydrogen-bond donors (Lipinski definition) is 1. The molecule has 0 bridgehead atoms. The average molecular weight is 297 g/mol. The van der Waals surface area contributed by atoms with Crippen molar-refractivity contribution >= 4 is 17.3 Å². The first-order chi connectivity index (χ1) is 9.63. The van der Waals surface area contributed by atoms with E-state index >= 15 is 0 Å². The van der Waals surface area contributed by atoms with Crippen LogP contribution in [0.1, 0.15) is 20.3 Å². The van der Waals surface area contributed by atoms with Crippen LogP contribution in [0, 0.1) is 11.8 Å². The maximum Gasteiger partial charge on any atom is 0.287 e. The summed E-state index contributed by atoms with van der Waals surface area (Å²) in [6, 6.07) is 0.399. The Morgan fingerprint density at radius 3 is 3.00 bits per heavy atom. The van der Waals surface area contributed by atoms with Crippen molar-refractivity contribution in [3.05, 3.63) is 21.6 Å². The van der Waals surface area contributed by atoms with Crippen LogP contribution in [0.15, 0.2) is 11.0 Å². The van der Waals surface area contributed by atoms with Crippen LogP contribution in [0.25, 0.3) is 0 Å². The van der Waals surface area contributed by atoms with Gasteiger partial charge in [-0.25, -0.2) is 4.68 Å². The number of aryl methyl sites for hydroxylation is 1. The van der Waals surface area contributed by atoms with Gasteiger partial charge in [-0.2, -0.15) is 5.10 Å². The Kier molecular flexibility index (Phi) is 3.73. The van der Waals surface area contributed by atoms with Crippen LogP contribution in [-0.2, 0) is 6.54 Å². The first-order valence-corrected chi connectivity index (χ1v) is 7.74. The van der Waals surface area contributed by atoms with Gasteiger partial charge in [-0.1, -0.05) is 18.5 Å². The molecule has 0 saturated carbocycles. The SMILES string of the molecule is CCCn1ncc(N2CC3CNCC3C2C)c(Cl)c1=O. The molecule has 3 atom stereocenters. The number of halogens is 1. The van der Waals surface area contributed by atoms with Crippen LogP contribution in [0.2, 0.25) is 5.02 Å². The Bertz CT molecular complexity index is 559. The fourth-order valence-electron chi connectivity index (χ4n) is 3.51. The van der Waals surface area contributed by atoms with Gasteiger partial charge in [-0.05, 0) is 25.2 Å². The molecule has 2 aliphatic heterocycles. The molecule has 0 radical (unpaired) electrons. The first-order valence-electron chi connectivity index (χ1n) is 7.36. The smallest absolute Gasteiger partial charge is 0.287 e. The van der Waals surface area contributed by atoms with Crippen molar-refractivity contribution in [3.63, 3.8) is 0 Å². The maximum atomic E-state index is 12.2. The number of nitrogens with one attached hydrogen (secondary N) is 1. The molecule has 2 fully saturated rings. The standard InChI is InChI=1S/C14H21ClN4O/c1-3-4-19-14(20)13(15)12(7-17-19)18-8-10-5-16-6-11(10)9(18)2/h7,9-11,16H,3-6,8H2,1-2H3. The van der Waals surface area contributed by atoms with E-state index in [-0.39, 0.29) is 5.56 Å². The van der Waals surface area contributed by atoms with E-state index < -0.39 is 0 Å². The van der Waals surface area contributed by atoms with Crippen molar-refractivity contribution in [2.24, 2.45) is 11.8 Å². The van der Waals surface area contributed by atoms with Crippen molar-refractivity contribution in [2.75, 3.05) is 24.5 Å². The van der Waals surface area contributed by atoms with E-state index in [2.05, 4.69) is 22.2 Å². The van der Waals surface area contributed by atoms with Gasteiger partial charge in [-0.15, -0.1) is 0 Å². The zero-order valence-corrected chi connectivity index (χ0v) is 12.7. The third kappa shape index (κ3) is 2.13. The number of nitrogens with zero attached hydrogens (tertiary/aromatic N) is 3. The van der Waals surface area contributed by atoms with Crippen molar-refractivity contribution in [2.45, 2.75) is 32.9 Å². The van der Waals surface area contributed by atoms with E-state index in [1.807, 2.05) is 6.92 Å². The molecule has 0 spiro atoms. The number of anilines is 1. The van der Waals surface area contributed by atoms with Crippen molar-refractivity contribution in [1.29, 1.82) is 0 Å². The summed E-state index contributed by atoms with van der Waals surface area (Å²) in [4.78, 5) is 14.5. The molecule has 3 unspecified atom stereocenters. The van der Waals surface area contributed by atoms with Crippen LogP contribution in [0.4, 0.5) is 5.69 Å². The van der Waals surface area contributed by atoms with Gasteiger partial charge in [0.2, 0.25) is 0 Å². The van der Waals surface area contributed by atoms with Gasteiger partial charge in [-0.3, -0.25) is 4.79 Å². The van der Waals surface area contributed by atoms with Gasteiger partial charge in [0.25, 0.3) is 5.56 Å². The van der Waals surface area contributed by atoms with Crippen LogP contribution in [0.3, 0.4) is 0 Å². The molecule has 3 heterocycles. The number of aromatic nitrogens is 2. The van der Waals surface area contributed by atoms with Crippen molar-refractivity contribution in [1.82, 2.24) is 15.1 Å². The maximum absolute atomic E-state index is 12.2. The molecule has 110 valence electrons. The minimum Gasteiger partial charge on any atom is -0.365 e. The van der Waals surface area contributed by atoms with Crippen molar-refractivity contribution < 1.29 is 0 Å². The fourth-order valence-corrected chi connectivity index (χ4v) is 3.77. The summed E-state index contributed by atoms with van der Waals surface area (Å²) >= 11 is 6.31. The highest BCUT2D eigenvalue weighted by molar-refractivity contribution is 6.33. The highest BCUT2D eigenvalue weighted by Gasteiger charge is 2.42. The molecule has 0 amide bonds. The highest BCUT2D eigenvalue weighted by Crippen LogP contribution is 2.37. The van der Waals surface area contributed by atoms with Gasteiger partial charge in [0.05, 0.1) is 11.9 Å². The molecule has 0 aliphatic carbocycles. The first kappa shape index (κ1) is 13.9. The molecule has 3 rings (SSSR count). The van der Waals surface area contributed by atoms with E-state index in [9.17, 15) is 4.79 Å². The number of rotatable bonds is 3. The summed E-state index contributed by atoms with van der Waals surface area (Å²) in [5.74, 6) is 1.29. The predicted octanol–water partition coefficient (Wildman–Crippen LogP) is 1.35. The Hall–Kier alpha value is -1.07. The highest BCUT2D eigenvalue weighted by atomic mass is 35.5. The minimum absolute atomic E-state index is 0.173. The zero-order chi connectivity index (χ0) is 14.3. The summed E-state index contributed by atoms with van der Waals surface area (Å²) in [5, 5.41) is 8.01. The number of fused-ring (bicyclic) bond motifs is 1. The van der Waals surface area contributed by atoms with Gasteiger partial charge in [0.1, 0.15) is 5.02 Å². The van der Waals surface area contributed by atoms with Crippen LogP contribution in [0.5, 0.6) is 0 Å². The summed E-state index contributed by atoms with van der Waals surface area (Å²) < 4.78 is 1.45. The third-order valence-electron chi connectivity index (χ3n) is 4.65. The van der Waals surface area contributed by atoms with Crippen LogP contribution < -0.4 is 15.8 Å². The van der Waals surface area contributed by atoms with E-state index in [1.165, 1.54) is 4.68 Å². The Balaban J connectivity index is 1.91. The lowest BCUT2D eigenvalue weighted by Gasteiger charge is -2.27. The van der Waals surface area contributed by atoms with Crippen LogP contribution in [-0.4, -0.2) is 35.5 Å². The second kappa shape index (κ2) is 5.37. The Labute approximate surface area is 123 Å². The fraction of sp³-hybridized carbons (Fsp3) is 0.714. The van der Waals surface area contributed by atoms with Gasteiger partial charge in [0.15, 0.2) is 0 Å². The molecule has 1 N–H and O–H groups in total. The third-order valence-corrected chi connectivity index (χ3v) is 5.00. The van der Waals surface area contributed by atoms with E-state index in [4.69, 9.17) is 11.6 Å². The Morgan fingerprint density at radius 2 is 2.30 bits per heavy atom. The van der Waals surface area contributed by atoms with E-state index in [0.717, 1.165) is 31.7 Å². The molecule has 2 aliphatic rings. The van der Waals surface area contributed by atoms with Crippen LogP contribution >= 0.6 is 11.6 Å². The lowest BCUT2D eigenvalue weighted by Crippen LogP contribution is -2.35. The Morgan fingerprint density at radius 1 is 1.50 bits per heavy atom. The zero-order valence-electron chi connectivity index (χ0n) is 12.0. The normalized spacial score (nSPS) is 28.9. The van der Waals surface area contributed by atoms with Gasteiger partial charge in [0, 0.05) is 32.2 Å². The largest absolute Gasteiger partial charge is 0.365 e. The molecule has 6 heteroatoms. The summed E-state index contributed by atoms with van der Waals surface area (Å²) in [5.41, 5.74) is 0.624. The monoisotopic (exact) mass is 296 g/mol. The second-order valence-electron chi connectivity index (χ2n) is 5.85. The summed E-state index contributed by atoms with van der Waals surface area (Å²) in [7, 11) is 0. The summed E-state index contributed by atoms with van der Waals surface area (Å²) in [6.45, 7) is 7.92. The molecule has 1 aromatic rings. The lowest BCUT2D eigenvalue weighted by molar-refractivity contribution is 0.471. The van der Waals surface area contributed by atoms with Gasteiger partial charge < -0.3 is 10.2 Å². The predicted molar refractivity (Wildman–Crippen MR) is 80.5 cm³/mol. The van der Waals surface area contributed by atoms with E-state index in [0.29, 0.717) is 29.4 Å². The second-order valence-corrected chi connectivity index (χ2v) is 6.23. The number of hydrogen-bond acceptors (Lipinski definition) is 4. The average Bonchev–Trinajstić information content (AvgIpc) is 3.00. The topological polar surface area (TPSA) is 50.2 Å². The van der Waals surface area contributed by atoms with Crippen molar-refractivity contribution in [3.8, 4) is 0 Å². The van der Waals surface area contributed by atoms with E-state index in [1.54, 1.807) is 6.20 Å². The molecule has 5 nitrogen and oxygen atoms in total. The molecule has 1 aromatic heterocycles. The molecular weight excluding hydrogens is 276 g/mol. The minimum atomic E-state index is -0.173. The molecule has 0 aromatic carbocycles. The molecular formula is C14H21ClN4O. The molecule has 20 heavy (non-hydrogen) atoms. The summed E-state index contributed by atoms with van der Waals surface area (Å²) in [6.07, 6.45) is 2.63. The quantitative estimate of drug-likeness (QED) is 0.915. The van der Waals surface area contributed by atoms with Gasteiger partial charge >= 0.3 is 0 Å².